The van der Waals surface area contributed by atoms with E-state index in [-0.39, 0.29) is 12.5 Å². The molecule has 0 bridgehead atoms. The van der Waals surface area contributed by atoms with E-state index in [4.69, 9.17) is 18.9 Å². The average molecular weight is 362 g/mol. The Hall–Kier alpha value is -0.820. The van der Waals surface area contributed by atoms with Crippen LogP contribution in [0.15, 0.2) is 12.3 Å². The summed E-state index contributed by atoms with van der Waals surface area (Å²) in [6, 6.07) is 0. The zero-order valence-electron chi connectivity index (χ0n) is 13.2. The largest absolute Gasteiger partial charge is 0.472 e. The van der Waals surface area contributed by atoms with Crippen LogP contribution < -0.4 is 0 Å². The van der Waals surface area contributed by atoms with Crippen LogP contribution in [-0.2, 0) is 18.9 Å². The van der Waals surface area contributed by atoms with Crippen molar-refractivity contribution in [2.45, 2.75) is 54.8 Å². The molecule has 0 spiro atoms. The van der Waals surface area contributed by atoms with Crippen molar-refractivity contribution in [2.24, 2.45) is 11.8 Å². The quantitative estimate of drug-likeness (QED) is 0.276. The van der Waals surface area contributed by atoms with Crippen LogP contribution in [0.5, 0.6) is 0 Å². The number of aliphatic hydroxyl groups excluding tert-OH is 6. The average Bonchev–Trinajstić information content (AvgIpc) is 3.31. The normalized spacial score (nSPS) is 56.9. The fraction of sp³-hybridized carbons (Fsp3) is 0.867. The number of epoxide rings is 1. The summed E-state index contributed by atoms with van der Waals surface area (Å²) in [5, 5.41) is 59.0. The summed E-state index contributed by atoms with van der Waals surface area (Å²) < 4.78 is 21.9. The monoisotopic (exact) mass is 362 g/mol. The molecule has 0 aromatic heterocycles. The SMILES string of the molecule is OC[C@H]1OC(O[C@@H]2OC=C[C@H]3[C@H](O)[C@@H]4O[C@]4(CO)[C@@H]23)[C@H](O)[C@@H](O)[C@@H]1O. The minimum atomic E-state index is -1.57. The first-order valence-electron chi connectivity index (χ1n) is 8.19. The van der Waals surface area contributed by atoms with Gasteiger partial charge >= 0.3 is 0 Å². The molecule has 1 aliphatic carbocycles. The van der Waals surface area contributed by atoms with Gasteiger partial charge in [0.1, 0.15) is 36.1 Å². The van der Waals surface area contributed by atoms with Crippen molar-refractivity contribution in [1.82, 2.24) is 0 Å². The van der Waals surface area contributed by atoms with Crippen LogP contribution in [0.3, 0.4) is 0 Å². The molecule has 10 heteroatoms. The van der Waals surface area contributed by atoms with Gasteiger partial charge in [-0.2, -0.15) is 0 Å². The van der Waals surface area contributed by atoms with Gasteiger partial charge < -0.3 is 49.6 Å². The third-order valence-corrected chi connectivity index (χ3v) is 5.62. The maximum Gasteiger partial charge on any atom is 0.208 e. The molecule has 0 aromatic carbocycles. The molecule has 11 atom stereocenters. The molecule has 4 aliphatic rings. The van der Waals surface area contributed by atoms with Gasteiger partial charge in [0.15, 0.2) is 6.29 Å². The van der Waals surface area contributed by atoms with Gasteiger partial charge in [-0.3, -0.25) is 0 Å². The van der Waals surface area contributed by atoms with E-state index in [2.05, 4.69) is 0 Å². The van der Waals surface area contributed by atoms with Crippen molar-refractivity contribution < 1.29 is 49.6 Å². The van der Waals surface area contributed by atoms with E-state index < -0.39 is 67.3 Å². The van der Waals surface area contributed by atoms with E-state index in [9.17, 15) is 30.6 Å². The standard InChI is InChI=1S/C15H22O10/c16-3-6-9(19)10(20)11(21)14(23-6)24-13-7-5(1-2-22-13)8(18)12-15(7,4-17)25-12/h1-2,5-14,16-21H,3-4H2/t5-,6-,7-,8+,9-,10+,11-,12+,13+,14?,15-/m1/s1. The Morgan fingerprint density at radius 3 is 2.40 bits per heavy atom. The summed E-state index contributed by atoms with van der Waals surface area (Å²) >= 11 is 0. The lowest BCUT2D eigenvalue weighted by molar-refractivity contribution is -0.344. The first-order chi connectivity index (χ1) is 11.9. The van der Waals surface area contributed by atoms with Crippen LogP contribution in [0.1, 0.15) is 0 Å². The van der Waals surface area contributed by atoms with E-state index in [0.29, 0.717) is 0 Å². The maximum absolute atomic E-state index is 10.3. The Balaban J connectivity index is 1.53. The Morgan fingerprint density at radius 1 is 0.960 bits per heavy atom. The first-order valence-corrected chi connectivity index (χ1v) is 8.19. The highest BCUT2D eigenvalue weighted by molar-refractivity contribution is 5.24. The van der Waals surface area contributed by atoms with E-state index in [1.807, 2.05) is 0 Å². The number of hydrogen-bond donors (Lipinski definition) is 6. The van der Waals surface area contributed by atoms with Crippen molar-refractivity contribution >= 4 is 0 Å². The highest BCUT2D eigenvalue weighted by Gasteiger charge is 2.75. The molecule has 1 unspecified atom stereocenters. The molecular weight excluding hydrogens is 340 g/mol. The van der Waals surface area contributed by atoms with Crippen molar-refractivity contribution in [1.29, 1.82) is 0 Å². The fourth-order valence-corrected chi connectivity index (χ4v) is 4.17. The van der Waals surface area contributed by atoms with Crippen LogP contribution in [0.25, 0.3) is 0 Å². The third-order valence-electron chi connectivity index (χ3n) is 5.62. The predicted molar refractivity (Wildman–Crippen MR) is 76.5 cm³/mol. The fourth-order valence-electron chi connectivity index (χ4n) is 4.17. The number of hydrogen-bond acceptors (Lipinski definition) is 10. The highest BCUT2D eigenvalue weighted by atomic mass is 16.8. The van der Waals surface area contributed by atoms with Gasteiger partial charge in [-0.25, -0.2) is 0 Å². The van der Waals surface area contributed by atoms with Gasteiger partial charge in [0.25, 0.3) is 0 Å². The molecule has 4 rings (SSSR count). The third kappa shape index (κ3) is 2.45. The Bertz CT molecular complexity index is 540. The van der Waals surface area contributed by atoms with Crippen LogP contribution in [0.2, 0.25) is 0 Å². The summed E-state index contributed by atoms with van der Waals surface area (Å²) in [6.07, 6.45) is -6.47. The summed E-state index contributed by atoms with van der Waals surface area (Å²) in [7, 11) is 0. The van der Waals surface area contributed by atoms with Crippen LogP contribution in [0.4, 0.5) is 0 Å². The highest BCUT2D eigenvalue weighted by Crippen LogP contribution is 2.59. The molecule has 3 heterocycles. The minimum Gasteiger partial charge on any atom is -0.472 e. The lowest BCUT2D eigenvalue weighted by Crippen LogP contribution is -2.60. The number of ether oxygens (including phenoxy) is 4. The summed E-state index contributed by atoms with van der Waals surface area (Å²) in [5.74, 6) is -0.913. The van der Waals surface area contributed by atoms with E-state index in [0.717, 1.165) is 0 Å². The molecule has 142 valence electrons. The van der Waals surface area contributed by atoms with E-state index >= 15 is 0 Å². The molecule has 25 heavy (non-hydrogen) atoms. The van der Waals surface area contributed by atoms with Crippen molar-refractivity contribution in [3.8, 4) is 0 Å². The lowest BCUT2D eigenvalue weighted by Gasteiger charge is -2.43. The summed E-state index contributed by atoms with van der Waals surface area (Å²) in [4.78, 5) is 0. The molecule has 0 radical (unpaired) electrons. The summed E-state index contributed by atoms with van der Waals surface area (Å²) in [5.41, 5.74) is -0.992. The van der Waals surface area contributed by atoms with Gasteiger partial charge in [0, 0.05) is 5.92 Å². The van der Waals surface area contributed by atoms with Gasteiger partial charge in [-0.15, -0.1) is 0 Å². The van der Waals surface area contributed by atoms with Crippen molar-refractivity contribution in [2.75, 3.05) is 13.2 Å². The molecule has 2 saturated heterocycles. The van der Waals surface area contributed by atoms with Crippen LogP contribution >= 0.6 is 0 Å². The smallest absolute Gasteiger partial charge is 0.208 e. The zero-order chi connectivity index (χ0) is 17.9. The van der Waals surface area contributed by atoms with E-state index in [1.54, 1.807) is 6.08 Å². The topological polar surface area (TPSA) is 162 Å². The molecule has 0 amide bonds. The van der Waals surface area contributed by atoms with Crippen molar-refractivity contribution in [3.63, 3.8) is 0 Å². The predicted octanol–water partition coefficient (Wildman–Crippen LogP) is -3.59. The number of rotatable bonds is 4. The molecule has 1 saturated carbocycles. The second-order valence-electron chi connectivity index (χ2n) is 6.91. The van der Waals surface area contributed by atoms with Crippen molar-refractivity contribution in [3.05, 3.63) is 12.3 Å². The number of aliphatic hydroxyl groups is 6. The van der Waals surface area contributed by atoms with Gasteiger partial charge in [-0.05, 0) is 6.08 Å². The maximum atomic E-state index is 10.3. The van der Waals surface area contributed by atoms with E-state index in [1.165, 1.54) is 6.26 Å². The first kappa shape index (κ1) is 17.6. The van der Waals surface area contributed by atoms with Gasteiger partial charge in [0.05, 0.1) is 31.5 Å². The molecule has 0 aromatic rings. The molecular formula is C15H22O10. The zero-order valence-corrected chi connectivity index (χ0v) is 13.2. The van der Waals surface area contributed by atoms with Crippen LogP contribution in [0, 0.1) is 11.8 Å². The Morgan fingerprint density at radius 2 is 1.72 bits per heavy atom. The lowest BCUT2D eigenvalue weighted by atomic mass is 9.85. The number of fused-ring (bicyclic) bond motifs is 3. The molecule has 3 fully saturated rings. The molecule has 10 nitrogen and oxygen atoms in total. The molecule has 3 aliphatic heterocycles. The van der Waals surface area contributed by atoms with Gasteiger partial charge in [-0.1, -0.05) is 0 Å². The second-order valence-corrected chi connectivity index (χ2v) is 6.91. The van der Waals surface area contributed by atoms with Crippen LogP contribution in [-0.4, -0.2) is 98.7 Å². The Kier molecular flexibility index (Phi) is 4.30. The minimum absolute atomic E-state index is 0.332. The van der Waals surface area contributed by atoms with Gasteiger partial charge in [0.2, 0.25) is 6.29 Å². The molecule has 6 N–H and O–H groups in total. The summed E-state index contributed by atoms with van der Waals surface area (Å²) in [6.45, 7) is -0.908. The Labute approximate surface area is 142 Å². The second kappa shape index (κ2) is 6.12.